The van der Waals surface area contributed by atoms with E-state index in [1.165, 1.54) is 0 Å². The van der Waals surface area contributed by atoms with Crippen LogP contribution in [0, 0.1) is 0 Å². The molecule has 0 unspecified atom stereocenters. The van der Waals surface area contributed by atoms with Crippen molar-refractivity contribution in [1.82, 2.24) is 0 Å². The number of carbonyl (C=O) groups is 2. The lowest BCUT2D eigenvalue weighted by Gasteiger charge is -2.28. The standard InChI is InChI=1S/C22H26N2O4/c1-17(25)2-3-18-4-10-21(11-5-18)28-16-22(26)23-19-6-8-20(9-7-19)24-12-14-27-15-13-24/h4-11H,2-3,12-16H2,1H3,(H,23,26). The number of morpholine rings is 1. The number of ketones is 1. The van der Waals surface area contributed by atoms with Crippen molar-refractivity contribution < 1.29 is 19.1 Å². The van der Waals surface area contributed by atoms with Crippen molar-refractivity contribution in [2.45, 2.75) is 19.8 Å². The first kappa shape index (κ1) is 19.9. The van der Waals surface area contributed by atoms with Gasteiger partial charge in [0.2, 0.25) is 0 Å². The number of anilines is 2. The fourth-order valence-corrected chi connectivity index (χ4v) is 3.00. The number of ether oxygens (including phenoxy) is 2. The van der Waals surface area contributed by atoms with Gasteiger partial charge in [0.15, 0.2) is 6.61 Å². The van der Waals surface area contributed by atoms with Crippen LogP contribution in [-0.2, 0) is 20.7 Å². The van der Waals surface area contributed by atoms with Gasteiger partial charge in [-0.1, -0.05) is 12.1 Å². The largest absolute Gasteiger partial charge is 0.484 e. The number of Topliss-reactive ketones (excluding diaryl/α,β-unsaturated/α-hetero) is 1. The summed E-state index contributed by atoms with van der Waals surface area (Å²) in [6, 6.07) is 15.3. The molecule has 28 heavy (non-hydrogen) atoms. The summed E-state index contributed by atoms with van der Waals surface area (Å²) in [5.41, 5.74) is 2.94. The van der Waals surface area contributed by atoms with Crippen LogP contribution in [0.2, 0.25) is 0 Å². The lowest BCUT2D eigenvalue weighted by atomic mass is 10.1. The molecule has 1 aliphatic heterocycles. The van der Waals surface area contributed by atoms with Crippen molar-refractivity contribution in [2.75, 3.05) is 43.1 Å². The van der Waals surface area contributed by atoms with E-state index in [2.05, 4.69) is 10.2 Å². The Morgan fingerprint density at radius 2 is 1.71 bits per heavy atom. The molecule has 0 saturated carbocycles. The predicted molar refractivity (Wildman–Crippen MR) is 109 cm³/mol. The third-order valence-corrected chi connectivity index (χ3v) is 4.59. The Hall–Kier alpha value is -2.86. The first-order valence-corrected chi connectivity index (χ1v) is 9.54. The summed E-state index contributed by atoms with van der Waals surface area (Å²) >= 11 is 0. The minimum absolute atomic E-state index is 0.0575. The summed E-state index contributed by atoms with van der Waals surface area (Å²) in [7, 11) is 0. The lowest BCUT2D eigenvalue weighted by molar-refractivity contribution is -0.118. The number of aryl methyl sites for hydroxylation is 1. The molecule has 1 aliphatic rings. The second kappa shape index (κ2) is 9.90. The highest BCUT2D eigenvalue weighted by Gasteiger charge is 2.11. The van der Waals surface area contributed by atoms with E-state index >= 15 is 0 Å². The van der Waals surface area contributed by atoms with Gasteiger partial charge in [0, 0.05) is 30.9 Å². The van der Waals surface area contributed by atoms with E-state index < -0.39 is 0 Å². The fraction of sp³-hybridized carbons (Fsp3) is 0.364. The van der Waals surface area contributed by atoms with Crippen LogP contribution in [0.5, 0.6) is 5.75 Å². The van der Waals surface area contributed by atoms with E-state index in [1.807, 2.05) is 48.5 Å². The maximum absolute atomic E-state index is 12.1. The molecule has 0 atom stereocenters. The number of nitrogens with zero attached hydrogens (tertiary/aromatic N) is 1. The van der Waals surface area contributed by atoms with E-state index in [-0.39, 0.29) is 18.3 Å². The summed E-state index contributed by atoms with van der Waals surface area (Å²) in [6.07, 6.45) is 1.25. The van der Waals surface area contributed by atoms with Crippen molar-refractivity contribution in [2.24, 2.45) is 0 Å². The topological polar surface area (TPSA) is 67.9 Å². The van der Waals surface area contributed by atoms with E-state index in [1.54, 1.807) is 6.92 Å². The van der Waals surface area contributed by atoms with Crippen LogP contribution in [0.25, 0.3) is 0 Å². The van der Waals surface area contributed by atoms with Crippen molar-refractivity contribution in [3.05, 3.63) is 54.1 Å². The maximum Gasteiger partial charge on any atom is 0.262 e. The zero-order valence-corrected chi connectivity index (χ0v) is 16.1. The van der Waals surface area contributed by atoms with Crippen molar-refractivity contribution in [1.29, 1.82) is 0 Å². The van der Waals surface area contributed by atoms with Gasteiger partial charge in [0.05, 0.1) is 13.2 Å². The summed E-state index contributed by atoms with van der Waals surface area (Å²) in [6.45, 7) is 4.78. The van der Waals surface area contributed by atoms with Crippen LogP contribution in [0.3, 0.4) is 0 Å². The molecule has 0 bridgehead atoms. The van der Waals surface area contributed by atoms with Gasteiger partial charge >= 0.3 is 0 Å². The van der Waals surface area contributed by atoms with Crippen LogP contribution >= 0.6 is 0 Å². The third-order valence-electron chi connectivity index (χ3n) is 4.59. The highest BCUT2D eigenvalue weighted by atomic mass is 16.5. The van der Waals surface area contributed by atoms with E-state index in [0.717, 1.165) is 49.7 Å². The number of benzene rings is 2. The summed E-state index contributed by atoms with van der Waals surface area (Å²) in [4.78, 5) is 25.4. The molecule has 1 fully saturated rings. The van der Waals surface area contributed by atoms with Gasteiger partial charge in [-0.25, -0.2) is 0 Å². The number of hydrogen-bond acceptors (Lipinski definition) is 5. The number of rotatable bonds is 8. The third kappa shape index (κ3) is 6.09. The molecule has 1 amide bonds. The second-order valence-corrected chi connectivity index (χ2v) is 6.83. The Labute approximate surface area is 165 Å². The maximum atomic E-state index is 12.1. The highest BCUT2D eigenvalue weighted by Crippen LogP contribution is 2.19. The van der Waals surface area contributed by atoms with Gasteiger partial charge in [-0.3, -0.25) is 4.79 Å². The molecule has 0 aromatic heterocycles. The Morgan fingerprint density at radius 1 is 1.04 bits per heavy atom. The number of carbonyl (C=O) groups excluding carboxylic acids is 2. The molecule has 0 radical (unpaired) electrons. The monoisotopic (exact) mass is 382 g/mol. The van der Waals surface area contributed by atoms with Gasteiger partial charge in [-0.15, -0.1) is 0 Å². The molecule has 1 saturated heterocycles. The van der Waals surface area contributed by atoms with E-state index in [9.17, 15) is 9.59 Å². The molecular weight excluding hydrogens is 356 g/mol. The quantitative estimate of drug-likeness (QED) is 0.760. The van der Waals surface area contributed by atoms with Crippen molar-refractivity contribution in [3.63, 3.8) is 0 Å². The number of hydrogen-bond donors (Lipinski definition) is 1. The minimum atomic E-state index is -0.209. The predicted octanol–water partition coefficient (Wildman–Crippen LogP) is 3.06. The molecule has 0 aliphatic carbocycles. The Balaban J connectivity index is 1.44. The van der Waals surface area contributed by atoms with Gasteiger partial charge < -0.3 is 24.5 Å². The van der Waals surface area contributed by atoms with Crippen LogP contribution in [-0.4, -0.2) is 44.6 Å². The lowest BCUT2D eigenvalue weighted by Crippen LogP contribution is -2.36. The summed E-state index contributed by atoms with van der Waals surface area (Å²) < 4.78 is 10.9. The SMILES string of the molecule is CC(=O)CCc1ccc(OCC(=O)Nc2ccc(N3CCOCC3)cc2)cc1. The van der Waals surface area contributed by atoms with Gasteiger partial charge in [0.25, 0.3) is 5.91 Å². The van der Waals surface area contributed by atoms with E-state index in [0.29, 0.717) is 12.2 Å². The molecule has 6 nitrogen and oxygen atoms in total. The van der Waals surface area contributed by atoms with Crippen LogP contribution in [0.1, 0.15) is 18.9 Å². The van der Waals surface area contributed by atoms with Gasteiger partial charge in [-0.05, 0) is 55.3 Å². The average Bonchev–Trinajstić information content (AvgIpc) is 2.73. The molecule has 2 aromatic rings. The summed E-state index contributed by atoms with van der Waals surface area (Å²) in [5, 5.41) is 2.84. The first-order valence-electron chi connectivity index (χ1n) is 9.54. The zero-order chi connectivity index (χ0) is 19.8. The highest BCUT2D eigenvalue weighted by molar-refractivity contribution is 5.92. The average molecular weight is 382 g/mol. The number of amides is 1. The molecule has 0 spiro atoms. The molecule has 6 heteroatoms. The van der Waals surface area contributed by atoms with Crippen LogP contribution in [0.15, 0.2) is 48.5 Å². The fourth-order valence-electron chi connectivity index (χ4n) is 3.00. The number of nitrogens with one attached hydrogen (secondary N) is 1. The Kier molecular flexibility index (Phi) is 7.03. The second-order valence-electron chi connectivity index (χ2n) is 6.83. The van der Waals surface area contributed by atoms with Crippen molar-refractivity contribution >= 4 is 23.1 Å². The normalized spacial score (nSPS) is 13.8. The van der Waals surface area contributed by atoms with Crippen LogP contribution in [0.4, 0.5) is 11.4 Å². The Morgan fingerprint density at radius 3 is 2.36 bits per heavy atom. The molecular formula is C22H26N2O4. The van der Waals surface area contributed by atoms with Crippen molar-refractivity contribution in [3.8, 4) is 5.75 Å². The summed E-state index contributed by atoms with van der Waals surface area (Å²) in [5.74, 6) is 0.596. The van der Waals surface area contributed by atoms with Crippen LogP contribution < -0.4 is 15.0 Å². The molecule has 1 N–H and O–H groups in total. The molecule has 1 heterocycles. The smallest absolute Gasteiger partial charge is 0.262 e. The molecule has 148 valence electrons. The molecule has 3 rings (SSSR count). The minimum Gasteiger partial charge on any atom is -0.484 e. The first-order chi connectivity index (χ1) is 13.6. The zero-order valence-electron chi connectivity index (χ0n) is 16.1. The van der Waals surface area contributed by atoms with Gasteiger partial charge in [-0.2, -0.15) is 0 Å². The van der Waals surface area contributed by atoms with E-state index in [4.69, 9.17) is 9.47 Å². The van der Waals surface area contributed by atoms with Gasteiger partial charge in [0.1, 0.15) is 11.5 Å². The Bertz CT molecular complexity index is 781. The molecule has 2 aromatic carbocycles.